The molecule has 6 nitrogen and oxygen atoms in total. The summed E-state index contributed by atoms with van der Waals surface area (Å²) < 4.78 is 12.2. The lowest BCUT2D eigenvalue weighted by Gasteiger charge is -2.28. The van der Waals surface area contributed by atoms with E-state index in [9.17, 15) is 9.59 Å². The third kappa shape index (κ3) is 8.50. The fourth-order valence-electron chi connectivity index (χ4n) is 5.12. The van der Waals surface area contributed by atoms with E-state index in [-0.39, 0.29) is 38.1 Å². The van der Waals surface area contributed by atoms with Crippen LogP contribution in [0.5, 0.6) is 11.5 Å². The van der Waals surface area contributed by atoms with Gasteiger partial charge >= 0.3 is 0 Å². The fourth-order valence-corrected chi connectivity index (χ4v) is 5.12. The first-order chi connectivity index (χ1) is 21.4. The van der Waals surface area contributed by atoms with Gasteiger partial charge < -0.3 is 19.3 Å². The monoisotopic (exact) mass is 592 g/mol. The van der Waals surface area contributed by atoms with Gasteiger partial charge in [0.15, 0.2) is 13.2 Å². The van der Waals surface area contributed by atoms with E-state index in [4.69, 9.17) is 9.47 Å². The maximum Gasteiger partial charge on any atom is 0.264 e. The molecule has 230 valence electrons. The van der Waals surface area contributed by atoms with E-state index in [1.807, 2.05) is 97.1 Å². The van der Waals surface area contributed by atoms with Crippen LogP contribution in [0.25, 0.3) is 0 Å². The van der Waals surface area contributed by atoms with Crippen LogP contribution in [-0.4, -0.2) is 38.1 Å². The molecule has 0 bridgehead atoms. The Kier molecular flexibility index (Phi) is 12.0. The zero-order chi connectivity index (χ0) is 31.3. The van der Waals surface area contributed by atoms with Gasteiger partial charge in [0.2, 0.25) is 0 Å². The molecule has 0 aliphatic rings. The first-order valence-electron chi connectivity index (χ1n) is 15.6. The van der Waals surface area contributed by atoms with Gasteiger partial charge in [0.25, 0.3) is 11.8 Å². The van der Waals surface area contributed by atoms with Gasteiger partial charge in [-0.05, 0) is 72.2 Å². The molecule has 0 N–H and O–H groups in total. The molecule has 0 fully saturated rings. The largest absolute Gasteiger partial charge is 0.483 e. The van der Waals surface area contributed by atoms with Gasteiger partial charge in [-0.1, -0.05) is 100 Å². The van der Waals surface area contributed by atoms with Crippen molar-refractivity contribution < 1.29 is 19.1 Å². The number of para-hydroxylation sites is 4. The number of nitrogens with zero attached hydrogens (tertiary/aromatic N) is 2. The number of hydrogen-bond donors (Lipinski definition) is 0. The maximum absolute atomic E-state index is 13.7. The highest BCUT2D eigenvalue weighted by Gasteiger charge is 2.23. The lowest BCUT2D eigenvalue weighted by Crippen LogP contribution is -2.44. The summed E-state index contributed by atoms with van der Waals surface area (Å²) in [6.45, 7) is 8.92. The molecule has 0 heterocycles. The van der Waals surface area contributed by atoms with E-state index in [2.05, 4.69) is 39.8 Å². The van der Waals surface area contributed by atoms with Crippen LogP contribution in [0.15, 0.2) is 109 Å². The normalized spacial score (nSPS) is 12.2. The number of anilines is 2. The lowest BCUT2D eigenvalue weighted by atomic mass is 9.98. The molecular formula is C38H44N2O4. The summed E-state index contributed by atoms with van der Waals surface area (Å²) in [5.41, 5.74) is 3.67. The van der Waals surface area contributed by atoms with Crippen molar-refractivity contribution in [3.8, 4) is 11.5 Å². The summed E-state index contributed by atoms with van der Waals surface area (Å²) in [4.78, 5) is 30.8. The van der Waals surface area contributed by atoms with Crippen LogP contribution in [0.1, 0.15) is 63.5 Å². The summed E-state index contributed by atoms with van der Waals surface area (Å²) in [5, 5.41) is 0. The summed E-state index contributed by atoms with van der Waals surface area (Å²) in [6, 6.07) is 34.8. The van der Waals surface area contributed by atoms with Crippen LogP contribution in [0.2, 0.25) is 0 Å². The zero-order valence-corrected chi connectivity index (χ0v) is 26.3. The van der Waals surface area contributed by atoms with Crippen molar-refractivity contribution in [1.29, 1.82) is 0 Å². The molecule has 0 aliphatic carbocycles. The predicted molar refractivity (Wildman–Crippen MR) is 179 cm³/mol. The highest BCUT2D eigenvalue weighted by atomic mass is 16.5. The Morgan fingerprint density at radius 1 is 0.545 bits per heavy atom. The lowest BCUT2D eigenvalue weighted by molar-refractivity contribution is -0.122. The number of carbonyl (C=O) groups excluding carboxylic acids is 2. The Hall–Kier alpha value is -4.58. The van der Waals surface area contributed by atoms with E-state index in [0.29, 0.717) is 11.8 Å². The Morgan fingerprint density at radius 2 is 0.886 bits per heavy atom. The van der Waals surface area contributed by atoms with Crippen LogP contribution >= 0.6 is 0 Å². The second-order valence-electron chi connectivity index (χ2n) is 11.0. The number of ether oxygens (including phenoxy) is 2. The molecule has 0 spiro atoms. The van der Waals surface area contributed by atoms with E-state index in [1.54, 1.807) is 9.80 Å². The second-order valence-corrected chi connectivity index (χ2v) is 11.0. The molecule has 2 atom stereocenters. The van der Waals surface area contributed by atoms with Crippen molar-refractivity contribution >= 4 is 23.2 Å². The van der Waals surface area contributed by atoms with Crippen LogP contribution in [-0.2, 0) is 9.59 Å². The molecule has 0 aliphatic heterocycles. The van der Waals surface area contributed by atoms with Crippen molar-refractivity contribution in [2.45, 2.75) is 52.4 Å². The molecule has 0 saturated carbocycles. The van der Waals surface area contributed by atoms with Gasteiger partial charge in [-0.3, -0.25) is 9.59 Å². The van der Waals surface area contributed by atoms with Gasteiger partial charge in [0, 0.05) is 24.5 Å². The van der Waals surface area contributed by atoms with Crippen LogP contribution in [0, 0.1) is 0 Å². The number of hydrogen-bond acceptors (Lipinski definition) is 4. The Labute approximate surface area is 262 Å². The van der Waals surface area contributed by atoms with Crippen molar-refractivity contribution in [3.05, 3.63) is 120 Å². The van der Waals surface area contributed by atoms with Gasteiger partial charge in [-0.15, -0.1) is 0 Å². The first kappa shape index (κ1) is 32.3. The summed E-state index contributed by atoms with van der Waals surface area (Å²) in [6.07, 6.45) is 1.95. The van der Waals surface area contributed by atoms with E-state index < -0.39 is 0 Å². The molecule has 0 unspecified atom stereocenters. The number of rotatable bonds is 15. The van der Waals surface area contributed by atoms with Gasteiger partial charge in [-0.2, -0.15) is 0 Å². The first-order valence-corrected chi connectivity index (χ1v) is 15.6. The molecule has 4 rings (SSSR count). The molecular weight excluding hydrogens is 548 g/mol. The number of carbonyl (C=O) groups is 2. The van der Waals surface area contributed by atoms with Gasteiger partial charge in [0.1, 0.15) is 11.5 Å². The molecule has 0 radical (unpaired) electrons. The third-order valence-electron chi connectivity index (χ3n) is 8.11. The molecule has 4 aromatic rings. The quantitative estimate of drug-likeness (QED) is 0.140. The Bertz CT molecular complexity index is 1360. The number of benzene rings is 4. The SMILES string of the molecule is CC[C@@H](C)c1ccccc1OCC(=O)N(CCN(C(=O)COc1ccccc1[C@H](C)CC)c1ccccc1)c1ccccc1. The van der Waals surface area contributed by atoms with Crippen LogP contribution in [0.3, 0.4) is 0 Å². The van der Waals surface area contributed by atoms with Crippen LogP contribution < -0.4 is 19.3 Å². The van der Waals surface area contributed by atoms with Crippen molar-refractivity contribution in [1.82, 2.24) is 0 Å². The minimum atomic E-state index is -0.186. The highest BCUT2D eigenvalue weighted by molar-refractivity contribution is 5.96. The Morgan fingerprint density at radius 3 is 1.25 bits per heavy atom. The van der Waals surface area contributed by atoms with Gasteiger partial charge in [0.05, 0.1) is 0 Å². The molecule has 0 aromatic heterocycles. The summed E-state index contributed by atoms with van der Waals surface area (Å²) in [7, 11) is 0. The van der Waals surface area contributed by atoms with Crippen molar-refractivity contribution in [3.63, 3.8) is 0 Å². The molecule has 4 aromatic carbocycles. The van der Waals surface area contributed by atoms with Crippen molar-refractivity contribution in [2.75, 3.05) is 36.1 Å². The van der Waals surface area contributed by atoms with E-state index >= 15 is 0 Å². The van der Waals surface area contributed by atoms with E-state index in [0.717, 1.165) is 46.8 Å². The maximum atomic E-state index is 13.7. The predicted octanol–water partition coefficient (Wildman–Crippen LogP) is 8.24. The highest BCUT2D eigenvalue weighted by Crippen LogP contribution is 2.30. The molecule has 44 heavy (non-hydrogen) atoms. The second kappa shape index (κ2) is 16.3. The molecule has 6 heteroatoms. The topological polar surface area (TPSA) is 59.1 Å². The van der Waals surface area contributed by atoms with E-state index in [1.165, 1.54) is 0 Å². The standard InChI is InChI=1S/C38H44N2O4/c1-5-29(3)33-21-13-15-23-35(33)43-27-37(41)39(31-17-9-7-10-18-31)25-26-40(32-19-11-8-12-20-32)38(42)28-44-36-24-16-14-22-34(36)30(4)6-2/h7-24,29-30H,5-6,25-28H2,1-4H3/t29-,30-/m1/s1. The average Bonchev–Trinajstić information content (AvgIpc) is 3.08. The summed E-state index contributed by atoms with van der Waals surface area (Å²) >= 11 is 0. The molecule has 2 amide bonds. The van der Waals surface area contributed by atoms with Gasteiger partial charge in [-0.25, -0.2) is 0 Å². The van der Waals surface area contributed by atoms with Crippen molar-refractivity contribution in [2.24, 2.45) is 0 Å². The average molecular weight is 593 g/mol. The summed E-state index contributed by atoms with van der Waals surface area (Å²) in [5.74, 6) is 1.70. The van der Waals surface area contributed by atoms with Crippen LogP contribution in [0.4, 0.5) is 11.4 Å². The number of amides is 2. The smallest absolute Gasteiger partial charge is 0.264 e. The fraction of sp³-hybridized carbons (Fsp3) is 0.316. The Balaban J connectivity index is 1.52. The minimum absolute atomic E-state index is 0.114. The molecule has 0 saturated heterocycles. The minimum Gasteiger partial charge on any atom is -0.483 e. The third-order valence-corrected chi connectivity index (χ3v) is 8.11. The zero-order valence-electron chi connectivity index (χ0n) is 26.3.